The number of hydrogen-bond donors (Lipinski definition) is 2. The molecule has 114 valence electrons. The summed E-state index contributed by atoms with van der Waals surface area (Å²) in [4.78, 5) is 27.0. The van der Waals surface area contributed by atoms with Crippen LogP contribution in [0.5, 0.6) is 0 Å². The minimum absolute atomic E-state index is 0.106. The molecule has 0 saturated carbocycles. The van der Waals surface area contributed by atoms with E-state index in [0.717, 1.165) is 19.3 Å². The number of aryl methyl sites for hydroxylation is 1. The summed E-state index contributed by atoms with van der Waals surface area (Å²) in [5.41, 5.74) is 1.23. The number of carbonyl (C=O) groups excluding carboxylic acids is 1. The van der Waals surface area contributed by atoms with Gasteiger partial charge < -0.3 is 15.1 Å². The Balaban J connectivity index is 1.83. The Morgan fingerprint density at radius 3 is 2.90 bits per heavy atom. The molecule has 1 unspecified atom stereocenters. The van der Waals surface area contributed by atoms with Crippen molar-refractivity contribution in [3.8, 4) is 0 Å². The maximum Gasteiger partial charge on any atom is 0.326 e. The van der Waals surface area contributed by atoms with Crippen LogP contribution in [0, 0.1) is 5.92 Å². The largest absolute Gasteiger partial charge is 0.480 e. The minimum atomic E-state index is -1.05. The number of fused-ring (bicyclic) bond motifs is 1. The van der Waals surface area contributed by atoms with Gasteiger partial charge in [-0.3, -0.25) is 4.79 Å². The van der Waals surface area contributed by atoms with Crippen molar-refractivity contribution in [2.24, 2.45) is 5.92 Å². The van der Waals surface area contributed by atoms with Gasteiger partial charge in [-0.25, -0.2) is 4.79 Å². The van der Waals surface area contributed by atoms with E-state index in [2.05, 4.69) is 6.92 Å². The molecule has 1 saturated heterocycles. The lowest BCUT2D eigenvalue weighted by Crippen LogP contribution is -2.40. The number of aliphatic hydroxyl groups excluding tert-OH is 1. The zero-order valence-electron chi connectivity index (χ0n) is 11.9. The van der Waals surface area contributed by atoms with E-state index in [1.807, 2.05) is 6.07 Å². The number of carboxylic acid groups (broad SMARTS) is 1. The van der Waals surface area contributed by atoms with E-state index in [1.54, 1.807) is 0 Å². The SMILES string of the molecule is CC1CCc2sc(C(=O)N3C[C@@H](O)C[C@H]3C(=O)O)cc2C1. The van der Waals surface area contributed by atoms with Crippen LogP contribution < -0.4 is 0 Å². The predicted molar refractivity (Wildman–Crippen MR) is 78.6 cm³/mol. The van der Waals surface area contributed by atoms with E-state index in [4.69, 9.17) is 0 Å². The number of carboxylic acids is 1. The highest BCUT2D eigenvalue weighted by atomic mass is 32.1. The Hall–Kier alpha value is -1.40. The number of aliphatic hydroxyl groups is 1. The zero-order valence-corrected chi connectivity index (χ0v) is 12.7. The number of hydrogen-bond acceptors (Lipinski definition) is 4. The maximum atomic E-state index is 12.6. The van der Waals surface area contributed by atoms with Crippen LogP contribution in [0.3, 0.4) is 0 Å². The molecule has 21 heavy (non-hydrogen) atoms. The lowest BCUT2D eigenvalue weighted by atomic mass is 9.90. The number of β-amino-alcohol motifs (C(OH)–C–C–N with tert-alkyl or cyclic N) is 1. The van der Waals surface area contributed by atoms with E-state index < -0.39 is 18.1 Å². The van der Waals surface area contributed by atoms with Crippen molar-refractivity contribution in [1.29, 1.82) is 0 Å². The highest BCUT2D eigenvalue weighted by Crippen LogP contribution is 2.33. The number of likely N-dealkylation sites (tertiary alicyclic amines) is 1. The number of nitrogens with zero attached hydrogens (tertiary/aromatic N) is 1. The van der Waals surface area contributed by atoms with Crippen molar-refractivity contribution in [1.82, 2.24) is 4.90 Å². The monoisotopic (exact) mass is 309 g/mol. The van der Waals surface area contributed by atoms with Crippen LogP contribution in [0.4, 0.5) is 0 Å². The van der Waals surface area contributed by atoms with Crippen LogP contribution in [0.15, 0.2) is 6.07 Å². The molecular formula is C15H19NO4S. The number of rotatable bonds is 2. The summed E-state index contributed by atoms with van der Waals surface area (Å²) >= 11 is 1.48. The molecule has 0 bridgehead atoms. The fraction of sp³-hybridized carbons (Fsp3) is 0.600. The van der Waals surface area contributed by atoms with Crippen LogP contribution in [0.1, 0.15) is 39.9 Å². The second kappa shape index (κ2) is 5.42. The first-order valence-electron chi connectivity index (χ1n) is 7.29. The molecule has 1 aliphatic heterocycles. The van der Waals surface area contributed by atoms with Gasteiger partial charge >= 0.3 is 5.97 Å². The van der Waals surface area contributed by atoms with Gasteiger partial charge in [0.1, 0.15) is 6.04 Å². The molecule has 3 rings (SSSR count). The fourth-order valence-corrected chi connectivity index (χ4v) is 4.39. The van der Waals surface area contributed by atoms with Crippen molar-refractivity contribution in [3.63, 3.8) is 0 Å². The fourth-order valence-electron chi connectivity index (χ4n) is 3.23. The number of amides is 1. The molecule has 2 aliphatic rings. The van der Waals surface area contributed by atoms with Gasteiger partial charge in [0.15, 0.2) is 0 Å². The highest BCUT2D eigenvalue weighted by molar-refractivity contribution is 7.14. The smallest absolute Gasteiger partial charge is 0.326 e. The Kier molecular flexibility index (Phi) is 3.75. The van der Waals surface area contributed by atoms with Gasteiger partial charge in [0.2, 0.25) is 0 Å². The van der Waals surface area contributed by atoms with Gasteiger partial charge in [0.25, 0.3) is 5.91 Å². The van der Waals surface area contributed by atoms with Crippen molar-refractivity contribution in [3.05, 3.63) is 21.4 Å². The molecule has 2 heterocycles. The lowest BCUT2D eigenvalue weighted by Gasteiger charge is -2.20. The third-order valence-electron chi connectivity index (χ3n) is 4.36. The third-order valence-corrected chi connectivity index (χ3v) is 5.59. The van der Waals surface area contributed by atoms with Crippen LogP contribution in [0.2, 0.25) is 0 Å². The molecule has 1 aliphatic carbocycles. The molecule has 6 heteroatoms. The molecule has 3 atom stereocenters. The standard InChI is InChI=1S/C15H19NO4S/c1-8-2-3-12-9(4-8)5-13(21-12)14(18)16-7-10(17)6-11(16)15(19)20/h5,8,10-11,17H,2-4,6-7H2,1H3,(H,19,20)/t8?,10-,11-/m0/s1. The first-order valence-corrected chi connectivity index (χ1v) is 8.10. The molecule has 1 fully saturated rings. The number of aliphatic carboxylic acids is 1. The molecule has 0 aromatic carbocycles. The molecule has 1 aromatic heterocycles. The van der Waals surface area contributed by atoms with Crippen LogP contribution in [0.25, 0.3) is 0 Å². The van der Waals surface area contributed by atoms with E-state index in [-0.39, 0.29) is 18.9 Å². The van der Waals surface area contributed by atoms with Crippen molar-refractivity contribution < 1.29 is 19.8 Å². The Morgan fingerprint density at radius 2 is 2.19 bits per heavy atom. The van der Waals surface area contributed by atoms with Gasteiger partial charge in [-0.1, -0.05) is 6.92 Å². The van der Waals surface area contributed by atoms with Gasteiger partial charge in [-0.05, 0) is 36.8 Å². The molecular weight excluding hydrogens is 290 g/mol. The van der Waals surface area contributed by atoms with Crippen molar-refractivity contribution in [2.45, 2.75) is 44.8 Å². The first kappa shape index (κ1) is 14.5. The topological polar surface area (TPSA) is 77.8 Å². The van der Waals surface area contributed by atoms with E-state index in [1.165, 1.54) is 26.7 Å². The Labute approximate surface area is 127 Å². The molecule has 1 aromatic rings. The second-order valence-electron chi connectivity index (χ2n) is 6.11. The number of carbonyl (C=O) groups is 2. The molecule has 0 spiro atoms. The first-order chi connectivity index (χ1) is 9.95. The summed E-state index contributed by atoms with van der Waals surface area (Å²) in [6, 6.07) is 1.01. The lowest BCUT2D eigenvalue weighted by molar-refractivity contribution is -0.141. The molecule has 1 amide bonds. The van der Waals surface area contributed by atoms with E-state index in [0.29, 0.717) is 10.8 Å². The molecule has 2 N–H and O–H groups in total. The summed E-state index contributed by atoms with van der Waals surface area (Å²) in [5.74, 6) is -0.670. The zero-order chi connectivity index (χ0) is 15.1. The average Bonchev–Trinajstić information content (AvgIpc) is 3.00. The highest BCUT2D eigenvalue weighted by Gasteiger charge is 2.40. The summed E-state index contributed by atoms with van der Waals surface area (Å²) in [6.07, 6.45) is 2.50. The normalized spacial score (nSPS) is 28.5. The van der Waals surface area contributed by atoms with E-state index in [9.17, 15) is 19.8 Å². The predicted octanol–water partition coefficient (Wildman–Crippen LogP) is 1.53. The van der Waals surface area contributed by atoms with Crippen LogP contribution in [-0.2, 0) is 17.6 Å². The van der Waals surface area contributed by atoms with Gasteiger partial charge in [0.05, 0.1) is 11.0 Å². The van der Waals surface area contributed by atoms with Crippen molar-refractivity contribution in [2.75, 3.05) is 6.54 Å². The van der Waals surface area contributed by atoms with Crippen molar-refractivity contribution >= 4 is 23.2 Å². The van der Waals surface area contributed by atoms with Crippen LogP contribution in [-0.4, -0.2) is 45.7 Å². The van der Waals surface area contributed by atoms with Crippen LogP contribution >= 0.6 is 11.3 Å². The maximum absolute atomic E-state index is 12.6. The summed E-state index contributed by atoms with van der Waals surface area (Å²) in [5, 5.41) is 18.9. The average molecular weight is 309 g/mol. The van der Waals surface area contributed by atoms with Gasteiger partial charge in [-0.15, -0.1) is 11.3 Å². The van der Waals surface area contributed by atoms with Gasteiger partial charge in [0, 0.05) is 17.8 Å². The Morgan fingerprint density at radius 1 is 1.43 bits per heavy atom. The van der Waals surface area contributed by atoms with Gasteiger partial charge in [-0.2, -0.15) is 0 Å². The summed E-state index contributed by atoms with van der Waals surface area (Å²) < 4.78 is 0. The number of thiophene rings is 1. The Bertz CT molecular complexity index is 582. The third kappa shape index (κ3) is 2.70. The van der Waals surface area contributed by atoms with E-state index >= 15 is 0 Å². The summed E-state index contributed by atoms with van der Waals surface area (Å²) in [7, 11) is 0. The second-order valence-corrected chi connectivity index (χ2v) is 7.24. The molecule has 5 nitrogen and oxygen atoms in total. The quantitative estimate of drug-likeness (QED) is 0.868. The summed E-state index contributed by atoms with van der Waals surface area (Å²) in [6.45, 7) is 2.31. The molecule has 0 radical (unpaired) electrons. The minimum Gasteiger partial charge on any atom is -0.480 e.